The number of carbonyl (C=O) groups is 2. The zero-order valence-electron chi connectivity index (χ0n) is 18.3. The molecule has 0 bridgehead atoms. The molecule has 1 saturated heterocycles. The normalized spacial score (nSPS) is 16.1. The van der Waals surface area contributed by atoms with Crippen LogP contribution in [0.4, 0.5) is 0 Å². The highest BCUT2D eigenvalue weighted by Gasteiger charge is 2.22. The fourth-order valence-electron chi connectivity index (χ4n) is 4.26. The Balaban J connectivity index is 1.67. The van der Waals surface area contributed by atoms with Gasteiger partial charge in [-0.05, 0) is 37.0 Å². The van der Waals surface area contributed by atoms with Gasteiger partial charge in [0.25, 0.3) is 11.5 Å². The molecule has 3 aromatic rings. The van der Waals surface area contributed by atoms with Crippen LogP contribution in [0.1, 0.15) is 30.1 Å². The number of hydrogen-bond acceptors (Lipinski definition) is 4. The van der Waals surface area contributed by atoms with Crippen LogP contribution in [0.2, 0.25) is 0 Å². The maximum absolute atomic E-state index is 13.2. The summed E-state index contributed by atoms with van der Waals surface area (Å²) in [6.07, 6.45) is 3.62. The van der Waals surface area contributed by atoms with Crippen molar-refractivity contribution in [1.82, 2.24) is 14.8 Å². The smallest absolute Gasteiger partial charge is 0.263 e. The van der Waals surface area contributed by atoms with E-state index in [0.29, 0.717) is 33.7 Å². The van der Waals surface area contributed by atoms with E-state index in [2.05, 4.69) is 12.2 Å². The number of para-hydroxylation sites is 2. The maximum atomic E-state index is 13.2. The minimum Gasteiger partial charge on any atom is -0.495 e. The zero-order valence-corrected chi connectivity index (χ0v) is 18.3. The van der Waals surface area contributed by atoms with E-state index in [9.17, 15) is 14.4 Å². The molecular weight excluding hydrogens is 406 g/mol. The maximum Gasteiger partial charge on any atom is 0.263 e. The van der Waals surface area contributed by atoms with Gasteiger partial charge < -0.3 is 15.0 Å². The number of piperidine rings is 1. The van der Waals surface area contributed by atoms with Gasteiger partial charge in [-0.3, -0.25) is 19.0 Å². The van der Waals surface area contributed by atoms with Crippen molar-refractivity contribution in [3.05, 3.63) is 70.6 Å². The molecule has 1 aliphatic rings. The second-order valence-electron chi connectivity index (χ2n) is 8.21. The molecule has 166 valence electrons. The van der Waals surface area contributed by atoms with Crippen LogP contribution in [0.5, 0.6) is 5.75 Å². The number of nitrogens with one attached hydrogen (secondary N) is 1. The van der Waals surface area contributed by atoms with E-state index in [1.54, 1.807) is 42.5 Å². The van der Waals surface area contributed by atoms with E-state index in [-0.39, 0.29) is 18.0 Å². The molecule has 0 radical (unpaired) electrons. The Morgan fingerprint density at radius 3 is 2.56 bits per heavy atom. The first kappa shape index (κ1) is 21.6. The Bertz CT molecular complexity index is 1220. The van der Waals surface area contributed by atoms with Crippen LogP contribution in [0.15, 0.2) is 59.5 Å². The number of aromatic nitrogens is 1. The summed E-state index contributed by atoms with van der Waals surface area (Å²) in [5.74, 6) is 0.498. The lowest BCUT2D eigenvalue weighted by Crippen LogP contribution is -2.44. The number of likely N-dealkylation sites (tertiary alicyclic amines) is 1. The van der Waals surface area contributed by atoms with Crippen molar-refractivity contribution in [3.63, 3.8) is 0 Å². The van der Waals surface area contributed by atoms with Crippen molar-refractivity contribution in [2.24, 2.45) is 5.92 Å². The molecule has 2 heterocycles. The molecule has 1 N–H and O–H groups in total. The monoisotopic (exact) mass is 433 g/mol. The second-order valence-corrected chi connectivity index (χ2v) is 8.21. The Kier molecular flexibility index (Phi) is 6.25. The van der Waals surface area contributed by atoms with E-state index in [0.717, 1.165) is 25.9 Å². The SMILES string of the molecule is COc1ccccc1-n1cc(C(=O)NCC(=O)N2CCCC(C)C2)c2ccccc2c1=O. The Labute approximate surface area is 186 Å². The lowest BCUT2D eigenvalue weighted by atomic mass is 10.0. The largest absolute Gasteiger partial charge is 0.495 e. The number of carbonyl (C=O) groups excluding carboxylic acids is 2. The van der Waals surface area contributed by atoms with Crippen LogP contribution >= 0.6 is 0 Å². The number of ether oxygens (including phenoxy) is 1. The van der Waals surface area contributed by atoms with Gasteiger partial charge in [-0.2, -0.15) is 0 Å². The molecule has 0 spiro atoms. The predicted octanol–water partition coefficient (Wildman–Crippen LogP) is 2.99. The molecule has 1 aromatic heterocycles. The summed E-state index contributed by atoms with van der Waals surface area (Å²) >= 11 is 0. The van der Waals surface area contributed by atoms with Crippen molar-refractivity contribution >= 4 is 22.6 Å². The molecule has 2 amide bonds. The number of fused-ring (bicyclic) bond motifs is 1. The Morgan fingerprint density at radius 1 is 1.09 bits per heavy atom. The van der Waals surface area contributed by atoms with Crippen LogP contribution in [0.25, 0.3) is 16.5 Å². The minimum atomic E-state index is -0.400. The summed E-state index contributed by atoms with van der Waals surface area (Å²) in [6.45, 7) is 3.50. The molecule has 4 rings (SSSR count). The van der Waals surface area contributed by atoms with Gasteiger partial charge in [0, 0.05) is 30.1 Å². The molecule has 7 nitrogen and oxygen atoms in total. The molecule has 0 aliphatic carbocycles. The molecule has 2 aromatic carbocycles. The number of rotatable bonds is 5. The first-order chi connectivity index (χ1) is 15.5. The molecular formula is C25H27N3O4. The average molecular weight is 434 g/mol. The summed E-state index contributed by atoms with van der Waals surface area (Å²) in [4.78, 5) is 40.7. The van der Waals surface area contributed by atoms with Gasteiger partial charge in [0.2, 0.25) is 5.91 Å². The minimum absolute atomic E-state index is 0.0757. The summed E-state index contributed by atoms with van der Waals surface area (Å²) < 4.78 is 6.83. The van der Waals surface area contributed by atoms with Crippen LogP contribution in [0, 0.1) is 5.92 Å². The van der Waals surface area contributed by atoms with Crippen molar-refractivity contribution in [1.29, 1.82) is 0 Å². The standard InChI is InChI=1S/C25H27N3O4/c1-17-8-7-13-27(15-17)23(29)14-26-24(30)20-16-28(21-11-5-6-12-22(21)32-2)25(31)19-10-4-3-9-18(19)20/h3-6,9-12,16-17H,7-8,13-15H2,1-2H3,(H,26,30). The highest BCUT2D eigenvalue weighted by molar-refractivity contribution is 6.07. The van der Waals surface area contributed by atoms with Gasteiger partial charge in [0.1, 0.15) is 5.75 Å². The van der Waals surface area contributed by atoms with Gasteiger partial charge >= 0.3 is 0 Å². The van der Waals surface area contributed by atoms with E-state index in [1.165, 1.54) is 17.9 Å². The average Bonchev–Trinajstić information content (AvgIpc) is 2.82. The first-order valence-corrected chi connectivity index (χ1v) is 10.8. The van der Waals surface area contributed by atoms with Gasteiger partial charge in [-0.25, -0.2) is 0 Å². The van der Waals surface area contributed by atoms with Gasteiger partial charge in [0.15, 0.2) is 0 Å². The number of amides is 2. The van der Waals surface area contributed by atoms with E-state index in [1.807, 2.05) is 11.0 Å². The second kappa shape index (κ2) is 9.26. The van der Waals surface area contributed by atoms with Crippen molar-refractivity contribution in [2.45, 2.75) is 19.8 Å². The lowest BCUT2D eigenvalue weighted by molar-refractivity contribution is -0.131. The Morgan fingerprint density at radius 2 is 1.81 bits per heavy atom. The number of nitrogens with zero attached hydrogens (tertiary/aromatic N) is 2. The van der Waals surface area contributed by atoms with Crippen molar-refractivity contribution in [2.75, 3.05) is 26.7 Å². The number of pyridine rings is 1. The van der Waals surface area contributed by atoms with E-state index in [4.69, 9.17) is 4.74 Å². The topological polar surface area (TPSA) is 80.6 Å². The van der Waals surface area contributed by atoms with Crippen LogP contribution < -0.4 is 15.6 Å². The molecule has 1 unspecified atom stereocenters. The summed E-state index contributed by atoms with van der Waals surface area (Å²) in [6, 6.07) is 14.1. The van der Waals surface area contributed by atoms with Crippen molar-refractivity contribution in [3.8, 4) is 11.4 Å². The lowest BCUT2D eigenvalue weighted by Gasteiger charge is -2.31. The quantitative estimate of drug-likeness (QED) is 0.671. The summed E-state index contributed by atoms with van der Waals surface area (Å²) in [5, 5.41) is 3.71. The van der Waals surface area contributed by atoms with Crippen LogP contribution in [0.3, 0.4) is 0 Å². The molecule has 0 saturated carbocycles. The third kappa shape index (κ3) is 4.23. The third-order valence-electron chi connectivity index (χ3n) is 5.92. The Hall–Kier alpha value is -3.61. The van der Waals surface area contributed by atoms with Gasteiger partial charge in [0.05, 0.1) is 24.9 Å². The molecule has 1 atom stereocenters. The fraction of sp³-hybridized carbons (Fsp3) is 0.320. The molecule has 1 fully saturated rings. The molecule has 7 heteroatoms. The van der Waals surface area contributed by atoms with E-state index >= 15 is 0 Å². The van der Waals surface area contributed by atoms with Gasteiger partial charge in [-0.1, -0.05) is 37.3 Å². The summed E-state index contributed by atoms with van der Waals surface area (Å²) in [7, 11) is 1.53. The third-order valence-corrected chi connectivity index (χ3v) is 5.92. The highest BCUT2D eigenvalue weighted by atomic mass is 16.5. The van der Waals surface area contributed by atoms with Gasteiger partial charge in [-0.15, -0.1) is 0 Å². The fourth-order valence-corrected chi connectivity index (χ4v) is 4.26. The van der Waals surface area contributed by atoms with Crippen LogP contribution in [-0.2, 0) is 4.79 Å². The molecule has 1 aliphatic heterocycles. The number of methoxy groups -OCH3 is 1. The zero-order chi connectivity index (χ0) is 22.7. The van der Waals surface area contributed by atoms with Crippen molar-refractivity contribution < 1.29 is 14.3 Å². The number of benzene rings is 2. The predicted molar refractivity (Wildman–Crippen MR) is 123 cm³/mol. The van der Waals surface area contributed by atoms with E-state index < -0.39 is 5.91 Å². The molecule has 32 heavy (non-hydrogen) atoms. The van der Waals surface area contributed by atoms with Crippen LogP contribution in [-0.4, -0.2) is 48.0 Å². The highest BCUT2D eigenvalue weighted by Crippen LogP contribution is 2.24. The summed E-state index contributed by atoms with van der Waals surface area (Å²) in [5.41, 5.74) is 0.615. The number of hydrogen-bond donors (Lipinski definition) is 1. The first-order valence-electron chi connectivity index (χ1n) is 10.8.